The van der Waals surface area contributed by atoms with E-state index in [0.717, 1.165) is 43.0 Å². The van der Waals surface area contributed by atoms with Crippen molar-refractivity contribution in [1.82, 2.24) is 15.2 Å². The van der Waals surface area contributed by atoms with Gasteiger partial charge >= 0.3 is 0 Å². The van der Waals surface area contributed by atoms with Crippen LogP contribution in [0.15, 0.2) is 24.3 Å². The Bertz CT molecular complexity index is 1200. The van der Waals surface area contributed by atoms with Crippen molar-refractivity contribution in [2.45, 2.75) is 76.8 Å². The maximum atomic E-state index is 13.8. The Morgan fingerprint density at radius 2 is 2.03 bits per heavy atom. The fraction of sp³-hybridized carbons (Fsp3) is 0.586. The highest BCUT2D eigenvalue weighted by atomic mass is 16.5. The second-order valence-corrected chi connectivity index (χ2v) is 10.9. The van der Waals surface area contributed by atoms with Crippen LogP contribution in [0, 0.1) is 17.8 Å². The number of nitrogens with zero attached hydrogens (tertiary/aromatic N) is 1. The summed E-state index contributed by atoms with van der Waals surface area (Å²) in [6.07, 6.45) is 6.50. The summed E-state index contributed by atoms with van der Waals surface area (Å²) in [6, 6.07) is 6.10. The highest BCUT2D eigenvalue weighted by molar-refractivity contribution is 6.02. The van der Waals surface area contributed by atoms with E-state index in [4.69, 9.17) is 4.74 Å². The third kappa shape index (κ3) is 4.90. The summed E-state index contributed by atoms with van der Waals surface area (Å²) >= 11 is 0. The number of methoxy groups -OCH3 is 1. The molecule has 0 spiro atoms. The molecule has 0 radical (unpaired) electrons. The minimum atomic E-state index is -0.686. The number of likely N-dealkylation sites (tertiary alicyclic amines) is 1. The number of hydrogen-bond donors (Lipinski definition) is 2. The highest BCUT2D eigenvalue weighted by Crippen LogP contribution is 2.43. The molecule has 1 aliphatic heterocycles. The lowest BCUT2D eigenvalue weighted by Gasteiger charge is -2.29. The Kier molecular flexibility index (Phi) is 7.36. The lowest BCUT2D eigenvalue weighted by molar-refractivity contribution is -0.132. The van der Waals surface area contributed by atoms with E-state index in [9.17, 15) is 19.2 Å². The quantitative estimate of drug-likeness (QED) is 0.533. The van der Waals surface area contributed by atoms with E-state index >= 15 is 0 Å². The summed E-state index contributed by atoms with van der Waals surface area (Å²) in [5.41, 5.74) is 1.22. The van der Waals surface area contributed by atoms with Gasteiger partial charge in [-0.1, -0.05) is 19.4 Å². The summed E-state index contributed by atoms with van der Waals surface area (Å²) < 4.78 is 5.45. The first-order chi connectivity index (χ1) is 17.9. The number of Topliss-reactive ketones (excluding diaryl/α,β-unsaturated/α-hetero) is 2. The van der Waals surface area contributed by atoms with E-state index in [1.165, 1.54) is 0 Å². The number of aromatic nitrogens is 1. The Labute approximate surface area is 217 Å². The van der Waals surface area contributed by atoms with E-state index < -0.39 is 12.1 Å². The van der Waals surface area contributed by atoms with Gasteiger partial charge in [-0.25, -0.2) is 0 Å². The first-order valence-electron chi connectivity index (χ1n) is 13.7. The lowest BCUT2D eigenvalue weighted by Crippen LogP contribution is -2.53. The van der Waals surface area contributed by atoms with Gasteiger partial charge in [-0.2, -0.15) is 0 Å². The summed E-state index contributed by atoms with van der Waals surface area (Å²) in [5, 5.41) is 3.84. The predicted octanol–water partition coefficient (Wildman–Crippen LogP) is 4.03. The zero-order chi connectivity index (χ0) is 26.1. The third-order valence-corrected chi connectivity index (χ3v) is 8.65. The summed E-state index contributed by atoms with van der Waals surface area (Å²) in [7, 11) is 1.60. The minimum absolute atomic E-state index is 0.0305. The Morgan fingerprint density at radius 1 is 1.19 bits per heavy atom. The standard InChI is InChI=1S/C29H37N3O5/c1-3-7-25(34)22(14-17-8-5-12-24(17)33)31-28(35)27-19-10-4-9-18(19)16-32(27)29(36)23-15-20-21(30-23)11-6-13-26(20)37-2/h6,11,13,15,17-19,22,27,30H,3-5,7-10,12,14,16H2,1-2H3,(H,31,35). The SMILES string of the molecule is CCCC(=O)C(CC1CCCC1=O)NC(=O)C1C2CCCC2CN1C(=O)c1cc2c(OC)cccc2[nH]1. The molecule has 2 amide bonds. The van der Waals surface area contributed by atoms with Crippen molar-refractivity contribution >= 4 is 34.3 Å². The van der Waals surface area contributed by atoms with Crippen LogP contribution in [-0.4, -0.2) is 59.0 Å². The van der Waals surface area contributed by atoms with Gasteiger partial charge in [0.2, 0.25) is 5.91 Å². The molecule has 3 aliphatic rings. The molecule has 37 heavy (non-hydrogen) atoms. The molecule has 0 bridgehead atoms. The molecule has 5 unspecified atom stereocenters. The molecule has 2 aliphatic carbocycles. The number of nitrogens with one attached hydrogen (secondary N) is 2. The molecule has 2 heterocycles. The van der Waals surface area contributed by atoms with Crippen molar-refractivity contribution in [3.05, 3.63) is 30.0 Å². The van der Waals surface area contributed by atoms with Crippen LogP contribution in [0.3, 0.4) is 0 Å². The van der Waals surface area contributed by atoms with Gasteiger partial charge in [0.25, 0.3) is 5.91 Å². The maximum absolute atomic E-state index is 13.8. The molecule has 2 saturated carbocycles. The number of amides is 2. The second-order valence-electron chi connectivity index (χ2n) is 10.9. The van der Waals surface area contributed by atoms with Crippen LogP contribution in [0.1, 0.15) is 75.2 Å². The van der Waals surface area contributed by atoms with Crippen molar-refractivity contribution in [3.63, 3.8) is 0 Å². The summed E-state index contributed by atoms with van der Waals surface area (Å²) in [4.78, 5) is 57.8. The van der Waals surface area contributed by atoms with Gasteiger partial charge in [-0.15, -0.1) is 0 Å². The Morgan fingerprint density at radius 3 is 2.76 bits per heavy atom. The van der Waals surface area contributed by atoms with Crippen molar-refractivity contribution in [3.8, 4) is 5.75 Å². The number of H-pyrrole nitrogens is 1. The van der Waals surface area contributed by atoms with E-state index in [1.54, 1.807) is 18.1 Å². The number of rotatable bonds is 9. The average molecular weight is 508 g/mol. The molecule has 5 atom stereocenters. The van der Waals surface area contributed by atoms with Crippen LogP contribution in [0.5, 0.6) is 5.75 Å². The average Bonchev–Trinajstić information content (AvgIpc) is 3.66. The van der Waals surface area contributed by atoms with Crippen LogP contribution >= 0.6 is 0 Å². The second kappa shape index (κ2) is 10.7. The number of aromatic amines is 1. The Hall–Kier alpha value is -3.16. The fourth-order valence-electron chi connectivity index (χ4n) is 6.80. The molecule has 1 aromatic heterocycles. The van der Waals surface area contributed by atoms with Crippen LogP contribution in [-0.2, 0) is 14.4 Å². The number of hydrogen-bond acceptors (Lipinski definition) is 5. The van der Waals surface area contributed by atoms with E-state index in [0.29, 0.717) is 43.7 Å². The third-order valence-electron chi connectivity index (χ3n) is 8.65. The molecule has 8 heteroatoms. The molecular weight excluding hydrogens is 470 g/mol. The zero-order valence-electron chi connectivity index (χ0n) is 21.8. The largest absolute Gasteiger partial charge is 0.496 e. The monoisotopic (exact) mass is 507 g/mol. The highest BCUT2D eigenvalue weighted by Gasteiger charge is 2.50. The van der Waals surface area contributed by atoms with Crippen LogP contribution in [0.4, 0.5) is 0 Å². The number of ketones is 2. The van der Waals surface area contributed by atoms with Crippen molar-refractivity contribution in [2.75, 3.05) is 13.7 Å². The molecule has 1 aromatic carbocycles. The predicted molar refractivity (Wildman–Crippen MR) is 139 cm³/mol. The first-order valence-corrected chi connectivity index (χ1v) is 13.7. The first kappa shape index (κ1) is 25.5. The van der Waals surface area contributed by atoms with E-state index in [2.05, 4.69) is 10.3 Å². The normalized spacial score (nSPS) is 25.9. The molecule has 3 fully saturated rings. The van der Waals surface area contributed by atoms with Gasteiger partial charge in [-0.05, 0) is 68.6 Å². The van der Waals surface area contributed by atoms with Gasteiger partial charge in [0.15, 0.2) is 5.78 Å². The molecule has 2 N–H and O–H groups in total. The molecule has 198 valence electrons. The summed E-state index contributed by atoms with van der Waals surface area (Å²) in [6.45, 7) is 2.47. The van der Waals surface area contributed by atoms with Gasteiger partial charge in [0, 0.05) is 36.2 Å². The van der Waals surface area contributed by atoms with Crippen LogP contribution in [0.25, 0.3) is 10.9 Å². The van der Waals surface area contributed by atoms with Crippen molar-refractivity contribution in [1.29, 1.82) is 0 Å². The van der Waals surface area contributed by atoms with Crippen LogP contribution < -0.4 is 10.1 Å². The molecule has 2 aromatic rings. The van der Waals surface area contributed by atoms with Crippen LogP contribution in [0.2, 0.25) is 0 Å². The van der Waals surface area contributed by atoms with Gasteiger partial charge in [-0.3, -0.25) is 19.2 Å². The number of ether oxygens (including phenoxy) is 1. The van der Waals surface area contributed by atoms with Gasteiger partial charge < -0.3 is 19.9 Å². The van der Waals surface area contributed by atoms with E-state index in [-0.39, 0.29) is 41.1 Å². The maximum Gasteiger partial charge on any atom is 0.271 e. The number of fused-ring (bicyclic) bond motifs is 2. The van der Waals surface area contributed by atoms with Gasteiger partial charge in [0.05, 0.1) is 13.2 Å². The van der Waals surface area contributed by atoms with Gasteiger partial charge in [0.1, 0.15) is 23.3 Å². The summed E-state index contributed by atoms with van der Waals surface area (Å²) in [5.74, 6) is 0.541. The minimum Gasteiger partial charge on any atom is -0.496 e. The lowest BCUT2D eigenvalue weighted by atomic mass is 9.91. The molecular formula is C29H37N3O5. The smallest absolute Gasteiger partial charge is 0.271 e. The number of carbonyl (C=O) groups excluding carboxylic acids is 4. The number of carbonyl (C=O) groups is 4. The zero-order valence-corrected chi connectivity index (χ0v) is 21.8. The molecule has 5 rings (SSSR count). The molecule has 8 nitrogen and oxygen atoms in total. The topological polar surface area (TPSA) is 109 Å². The fourth-order valence-corrected chi connectivity index (χ4v) is 6.80. The van der Waals surface area contributed by atoms with Crippen molar-refractivity contribution < 1.29 is 23.9 Å². The molecule has 1 saturated heterocycles. The Balaban J connectivity index is 1.39. The number of benzene rings is 1. The van der Waals surface area contributed by atoms with E-state index in [1.807, 2.05) is 25.1 Å². The van der Waals surface area contributed by atoms with Crippen molar-refractivity contribution in [2.24, 2.45) is 17.8 Å².